The van der Waals surface area contributed by atoms with Gasteiger partial charge in [-0.15, -0.1) is 0 Å². The van der Waals surface area contributed by atoms with Gasteiger partial charge in [0, 0.05) is 23.0 Å². The molecule has 1 amide bonds. The molecule has 124 valence electrons. The average Bonchev–Trinajstić information content (AvgIpc) is 2.82. The number of hydrogen-bond donors (Lipinski definition) is 0. The lowest BCUT2D eigenvalue weighted by Crippen LogP contribution is -2.58. The van der Waals surface area contributed by atoms with Crippen LogP contribution in [0.15, 0.2) is 34.3 Å². The third-order valence-electron chi connectivity index (χ3n) is 4.52. The molecule has 1 aliphatic carbocycles. The van der Waals surface area contributed by atoms with Crippen LogP contribution < -0.4 is 0 Å². The van der Waals surface area contributed by atoms with Gasteiger partial charge in [0.1, 0.15) is 5.60 Å². The number of carbonyl (C=O) groups excluding carboxylic acids is 1. The Balaban J connectivity index is 1.57. The number of amides is 1. The molecular weight excluding hydrogens is 354 g/mol. The van der Waals surface area contributed by atoms with E-state index in [-0.39, 0.29) is 11.5 Å². The highest BCUT2D eigenvalue weighted by molar-refractivity contribution is 9.10. The van der Waals surface area contributed by atoms with Gasteiger partial charge >= 0.3 is 6.09 Å². The number of rotatable bonds is 1. The molecule has 1 saturated heterocycles. The maximum absolute atomic E-state index is 12.1. The minimum Gasteiger partial charge on any atom is -0.444 e. The maximum Gasteiger partial charge on any atom is 0.410 e. The maximum atomic E-state index is 12.1. The van der Waals surface area contributed by atoms with Crippen LogP contribution in [0.5, 0.6) is 0 Å². The van der Waals surface area contributed by atoms with Crippen molar-refractivity contribution >= 4 is 28.1 Å². The molecule has 0 atom stereocenters. The Labute approximate surface area is 146 Å². The summed E-state index contributed by atoms with van der Waals surface area (Å²) in [5.74, 6) is 0. The molecule has 2 aliphatic rings. The van der Waals surface area contributed by atoms with E-state index in [1.807, 2.05) is 25.7 Å². The van der Waals surface area contributed by atoms with E-state index >= 15 is 0 Å². The quantitative estimate of drug-likeness (QED) is 0.668. The van der Waals surface area contributed by atoms with Gasteiger partial charge in [-0.3, -0.25) is 0 Å². The van der Waals surface area contributed by atoms with Gasteiger partial charge in [0.15, 0.2) is 0 Å². The molecule has 2 fully saturated rings. The topological polar surface area (TPSA) is 29.5 Å². The first-order valence-electron chi connectivity index (χ1n) is 8.18. The van der Waals surface area contributed by atoms with Crippen molar-refractivity contribution in [2.24, 2.45) is 5.41 Å². The number of allylic oxidation sites excluding steroid dienone is 1. The molecule has 0 aromatic heterocycles. The van der Waals surface area contributed by atoms with E-state index in [4.69, 9.17) is 4.74 Å². The molecule has 1 spiro atoms. The van der Waals surface area contributed by atoms with Crippen molar-refractivity contribution in [2.75, 3.05) is 13.1 Å². The Morgan fingerprint density at radius 1 is 1.26 bits per heavy atom. The van der Waals surface area contributed by atoms with Crippen molar-refractivity contribution in [3.8, 4) is 0 Å². The van der Waals surface area contributed by atoms with Gasteiger partial charge in [-0.2, -0.15) is 0 Å². The van der Waals surface area contributed by atoms with E-state index in [9.17, 15) is 4.79 Å². The lowest BCUT2D eigenvalue weighted by molar-refractivity contribution is -0.0308. The second-order valence-corrected chi connectivity index (χ2v) is 8.78. The highest BCUT2D eigenvalue weighted by Crippen LogP contribution is 2.48. The van der Waals surface area contributed by atoms with Crippen LogP contribution in [-0.2, 0) is 4.74 Å². The Hall–Kier alpha value is -1.29. The number of hydrogen-bond acceptors (Lipinski definition) is 2. The van der Waals surface area contributed by atoms with E-state index in [1.54, 1.807) is 0 Å². The molecule has 3 rings (SSSR count). The summed E-state index contributed by atoms with van der Waals surface area (Å²) >= 11 is 3.47. The Bertz CT molecular complexity index is 622. The van der Waals surface area contributed by atoms with E-state index in [2.05, 4.69) is 46.3 Å². The smallest absolute Gasteiger partial charge is 0.410 e. The van der Waals surface area contributed by atoms with Gasteiger partial charge in [0.2, 0.25) is 0 Å². The summed E-state index contributed by atoms with van der Waals surface area (Å²) in [5.41, 5.74) is 2.63. The van der Waals surface area contributed by atoms with Crippen LogP contribution in [0, 0.1) is 5.41 Å². The van der Waals surface area contributed by atoms with Crippen molar-refractivity contribution in [3.05, 3.63) is 39.9 Å². The van der Waals surface area contributed by atoms with E-state index in [1.165, 1.54) is 17.6 Å². The van der Waals surface area contributed by atoms with Gasteiger partial charge in [0.25, 0.3) is 0 Å². The molecule has 0 radical (unpaired) electrons. The van der Waals surface area contributed by atoms with Gasteiger partial charge in [0.05, 0.1) is 0 Å². The molecule has 4 heteroatoms. The molecule has 1 aliphatic heterocycles. The van der Waals surface area contributed by atoms with E-state index < -0.39 is 5.60 Å². The second kappa shape index (κ2) is 5.97. The fourth-order valence-electron chi connectivity index (χ4n) is 3.49. The van der Waals surface area contributed by atoms with Crippen molar-refractivity contribution in [1.29, 1.82) is 0 Å². The third kappa shape index (κ3) is 3.97. The SMILES string of the molecule is CC(C)(C)OC(=O)N1CC2(CCC(=Cc3ccc(Br)cc3)C2)C1. The fraction of sp³-hybridized carbons (Fsp3) is 0.526. The predicted molar refractivity (Wildman–Crippen MR) is 96.2 cm³/mol. The van der Waals surface area contributed by atoms with Crippen LogP contribution >= 0.6 is 15.9 Å². The zero-order valence-electron chi connectivity index (χ0n) is 14.1. The van der Waals surface area contributed by atoms with Crippen molar-refractivity contribution in [2.45, 2.75) is 45.6 Å². The van der Waals surface area contributed by atoms with Crippen LogP contribution in [0.3, 0.4) is 0 Å². The van der Waals surface area contributed by atoms with Gasteiger partial charge < -0.3 is 9.64 Å². The monoisotopic (exact) mass is 377 g/mol. The zero-order valence-corrected chi connectivity index (χ0v) is 15.6. The lowest BCUT2D eigenvalue weighted by Gasteiger charge is -2.47. The normalized spacial score (nSPS) is 21.6. The molecular formula is C19H24BrNO2. The summed E-state index contributed by atoms with van der Waals surface area (Å²) in [6, 6.07) is 8.42. The van der Waals surface area contributed by atoms with Crippen LogP contribution in [-0.4, -0.2) is 29.7 Å². The molecule has 0 bridgehead atoms. The van der Waals surface area contributed by atoms with Crippen LogP contribution in [0.4, 0.5) is 4.79 Å². The molecule has 1 saturated carbocycles. The molecule has 0 unspecified atom stereocenters. The summed E-state index contributed by atoms with van der Waals surface area (Å²) in [4.78, 5) is 13.9. The number of likely N-dealkylation sites (tertiary alicyclic amines) is 1. The summed E-state index contributed by atoms with van der Waals surface area (Å²) in [5, 5.41) is 0. The number of nitrogens with zero attached hydrogens (tertiary/aromatic N) is 1. The van der Waals surface area contributed by atoms with Gasteiger partial charge in [-0.1, -0.05) is 39.7 Å². The number of halogens is 1. The molecule has 1 aromatic carbocycles. The van der Waals surface area contributed by atoms with E-state index in [0.717, 1.165) is 30.4 Å². The van der Waals surface area contributed by atoms with E-state index in [0.29, 0.717) is 0 Å². The summed E-state index contributed by atoms with van der Waals surface area (Å²) < 4.78 is 6.55. The molecule has 1 aromatic rings. The molecule has 1 heterocycles. The largest absolute Gasteiger partial charge is 0.444 e. The van der Waals surface area contributed by atoms with Gasteiger partial charge in [-0.05, 0) is 57.7 Å². The summed E-state index contributed by atoms with van der Waals surface area (Å²) in [6.07, 6.45) is 5.54. The van der Waals surface area contributed by atoms with Crippen molar-refractivity contribution < 1.29 is 9.53 Å². The number of carbonyl (C=O) groups is 1. The zero-order chi connectivity index (χ0) is 16.7. The molecule has 0 N–H and O–H groups in total. The number of ether oxygens (including phenoxy) is 1. The van der Waals surface area contributed by atoms with Gasteiger partial charge in [-0.25, -0.2) is 4.79 Å². The van der Waals surface area contributed by atoms with Crippen LogP contribution in [0.2, 0.25) is 0 Å². The summed E-state index contributed by atoms with van der Waals surface area (Å²) in [7, 11) is 0. The molecule has 3 nitrogen and oxygen atoms in total. The highest BCUT2D eigenvalue weighted by atomic mass is 79.9. The first-order chi connectivity index (χ1) is 10.7. The first-order valence-corrected chi connectivity index (χ1v) is 8.97. The van der Waals surface area contributed by atoms with Crippen molar-refractivity contribution in [3.63, 3.8) is 0 Å². The average molecular weight is 378 g/mol. The Morgan fingerprint density at radius 2 is 1.91 bits per heavy atom. The first kappa shape index (κ1) is 16.6. The van der Waals surface area contributed by atoms with Crippen LogP contribution in [0.25, 0.3) is 6.08 Å². The van der Waals surface area contributed by atoms with Crippen LogP contribution in [0.1, 0.15) is 45.6 Å². The Morgan fingerprint density at radius 3 is 2.52 bits per heavy atom. The number of benzene rings is 1. The lowest BCUT2D eigenvalue weighted by atomic mass is 9.78. The standard InChI is InChI=1S/C19H24BrNO2/c1-18(2,3)23-17(22)21-12-19(13-21)9-8-15(11-19)10-14-4-6-16(20)7-5-14/h4-7,10H,8-9,11-13H2,1-3H3. The minimum atomic E-state index is -0.415. The summed E-state index contributed by atoms with van der Waals surface area (Å²) in [6.45, 7) is 7.40. The second-order valence-electron chi connectivity index (χ2n) is 7.87. The Kier molecular flexibility index (Phi) is 4.30. The molecule has 23 heavy (non-hydrogen) atoms. The minimum absolute atomic E-state index is 0.173. The fourth-order valence-corrected chi connectivity index (χ4v) is 3.76. The highest BCUT2D eigenvalue weighted by Gasteiger charge is 2.49. The third-order valence-corrected chi connectivity index (χ3v) is 5.05. The predicted octanol–water partition coefficient (Wildman–Crippen LogP) is 5.25. The van der Waals surface area contributed by atoms with Crippen molar-refractivity contribution in [1.82, 2.24) is 4.90 Å².